The molecule has 0 aliphatic carbocycles. The van der Waals surface area contributed by atoms with Crippen LogP contribution < -0.4 is 5.56 Å². The van der Waals surface area contributed by atoms with Crippen molar-refractivity contribution in [3.8, 4) is 0 Å². The number of aromatic nitrogens is 2. The number of hydrogen-bond acceptors (Lipinski definition) is 4. The number of nitrogens with zero attached hydrogens (tertiary/aromatic N) is 2. The van der Waals surface area contributed by atoms with Crippen molar-refractivity contribution < 1.29 is 9.53 Å². The third kappa shape index (κ3) is 2.29. The summed E-state index contributed by atoms with van der Waals surface area (Å²) in [5, 5.41) is 0.443. The summed E-state index contributed by atoms with van der Waals surface area (Å²) in [6.45, 7) is 1.91. The van der Waals surface area contributed by atoms with Crippen LogP contribution in [-0.2, 0) is 4.74 Å². The Morgan fingerprint density at radius 3 is 3.00 bits per heavy atom. The number of pyridine rings is 1. The number of esters is 1. The molecule has 2 rings (SSSR count). The van der Waals surface area contributed by atoms with Crippen molar-refractivity contribution in [2.75, 3.05) is 6.61 Å². The van der Waals surface area contributed by atoms with Crippen LogP contribution in [0.4, 0.5) is 0 Å². The van der Waals surface area contributed by atoms with E-state index in [1.807, 2.05) is 0 Å². The lowest BCUT2D eigenvalue weighted by Gasteiger charge is -2.03. The third-order valence-corrected chi connectivity index (χ3v) is 2.35. The maximum atomic E-state index is 11.7. The van der Waals surface area contributed by atoms with Gasteiger partial charge in [-0.2, -0.15) is 0 Å². The van der Waals surface area contributed by atoms with Crippen molar-refractivity contribution in [2.45, 2.75) is 6.92 Å². The van der Waals surface area contributed by atoms with Crippen molar-refractivity contribution in [3.05, 3.63) is 45.5 Å². The number of rotatable bonds is 2. The van der Waals surface area contributed by atoms with Gasteiger partial charge in [0, 0.05) is 23.4 Å². The zero-order chi connectivity index (χ0) is 12.4. The zero-order valence-corrected chi connectivity index (χ0v) is 9.77. The average Bonchev–Trinajstić information content (AvgIpc) is 2.28. The summed E-state index contributed by atoms with van der Waals surface area (Å²) in [5.41, 5.74) is -0.0538. The van der Waals surface area contributed by atoms with E-state index in [0.717, 1.165) is 6.07 Å². The van der Waals surface area contributed by atoms with Gasteiger partial charge in [0.1, 0.15) is 5.65 Å². The van der Waals surface area contributed by atoms with Gasteiger partial charge in [0.05, 0.1) is 6.61 Å². The lowest BCUT2D eigenvalue weighted by molar-refractivity contribution is 0.0519. The van der Waals surface area contributed by atoms with E-state index in [0.29, 0.717) is 10.7 Å². The van der Waals surface area contributed by atoms with Crippen molar-refractivity contribution in [3.63, 3.8) is 0 Å². The molecule has 88 valence electrons. The van der Waals surface area contributed by atoms with E-state index in [1.165, 1.54) is 16.7 Å². The Kier molecular flexibility index (Phi) is 3.10. The molecular weight excluding hydrogens is 244 g/mol. The average molecular weight is 253 g/mol. The summed E-state index contributed by atoms with van der Waals surface area (Å²) in [4.78, 5) is 27.2. The fourth-order valence-electron chi connectivity index (χ4n) is 1.39. The first-order chi connectivity index (χ1) is 8.11. The SMILES string of the molecule is CCOC(=O)c1cc(=O)n2ccc(Cl)cc2n1. The van der Waals surface area contributed by atoms with Crippen LogP contribution in [0.25, 0.3) is 5.65 Å². The van der Waals surface area contributed by atoms with Gasteiger partial charge >= 0.3 is 5.97 Å². The van der Waals surface area contributed by atoms with E-state index >= 15 is 0 Å². The van der Waals surface area contributed by atoms with Gasteiger partial charge in [-0.05, 0) is 13.0 Å². The monoisotopic (exact) mass is 252 g/mol. The Morgan fingerprint density at radius 1 is 1.53 bits per heavy atom. The molecule has 0 bridgehead atoms. The van der Waals surface area contributed by atoms with E-state index in [2.05, 4.69) is 4.98 Å². The Hall–Kier alpha value is -1.88. The molecule has 0 saturated carbocycles. The molecule has 2 aromatic heterocycles. The molecule has 0 aliphatic rings. The highest BCUT2D eigenvalue weighted by Crippen LogP contribution is 2.09. The van der Waals surface area contributed by atoms with Crippen LogP contribution in [0.15, 0.2) is 29.2 Å². The normalized spacial score (nSPS) is 10.5. The number of carbonyl (C=O) groups is 1. The first-order valence-corrected chi connectivity index (χ1v) is 5.35. The minimum absolute atomic E-state index is 0.0147. The second kappa shape index (κ2) is 4.55. The van der Waals surface area contributed by atoms with Crippen LogP contribution >= 0.6 is 11.6 Å². The summed E-state index contributed by atoms with van der Waals surface area (Å²) in [6, 6.07) is 4.21. The molecule has 17 heavy (non-hydrogen) atoms. The molecular formula is C11H9ClN2O3. The Bertz CT molecular complexity index is 636. The van der Waals surface area contributed by atoms with Crippen LogP contribution in [0.5, 0.6) is 0 Å². The van der Waals surface area contributed by atoms with Gasteiger partial charge in [-0.25, -0.2) is 9.78 Å². The fourth-order valence-corrected chi connectivity index (χ4v) is 1.54. The number of halogens is 1. The fraction of sp³-hybridized carbons (Fsp3) is 0.182. The van der Waals surface area contributed by atoms with Crippen LogP contribution in [0.2, 0.25) is 5.02 Å². The van der Waals surface area contributed by atoms with Gasteiger partial charge < -0.3 is 4.74 Å². The summed E-state index contributed by atoms with van der Waals surface area (Å²) in [7, 11) is 0. The molecule has 0 saturated heterocycles. The lowest BCUT2D eigenvalue weighted by atomic mass is 10.3. The summed E-state index contributed by atoms with van der Waals surface area (Å²) in [6.07, 6.45) is 1.50. The molecule has 2 aromatic rings. The molecule has 0 aliphatic heterocycles. The molecule has 0 amide bonds. The van der Waals surface area contributed by atoms with Gasteiger partial charge in [-0.3, -0.25) is 9.20 Å². The molecule has 5 nitrogen and oxygen atoms in total. The molecule has 0 spiro atoms. The molecule has 0 atom stereocenters. The van der Waals surface area contributed by atoms with Crippen molar-refractivity contribution >= 4 is 23.2 Å². The molecule has 0 unspecified atom stereocenters. The Balaban J connectivity index is 2.61. The minimum Gasteiger partial charge on any atom is -0.461 e. The first kappa shape index (κ1) is 11.6. The number of hydrogen-bond donors (Lipinski definition) is 0. The van der Waals surface area contributed by atoms with Crippen LogP contribution in [0.3, 0.4) is 0 Å². The second-order valence-corrected chi connectivity index (χ2v) is 3.71. The van der Waals surface area contributed by atoms with Crippen molar-refractivity contribution in [1.82, 2.24) is 9.38 Å². The van der Waals surface area contributed by atoms with E-state index in [-0.39, 0.29) is 17.9 Å². The van der Waals surface area contributed by atoms with Gasteiger partial charge in [-0.1, -0.05) is 11.6 Å². The zero-order valence-electron chi connectivity index (χ0n) is 9.01. The lowest BCUT2D eigenvalue weighted by Crippen LogP contribution is -2.18. The predicted molar refractivity (Wildman–Crippen MR) is 62.4 cm³/mol. The minimum atomic E-state index is -0.618. The highest BCUT2D eigenvalue weighted by molar-refractivity contribution is 6.30. The number of ether oxygens (including phenoxy) is 1. The summed E-state index contributed by atoms with van der Waals surface area (Å²) < 4.78 is 6.08. The van der Waals surface area contributed by atoms with Gasteiger partial charge in [0.2, 0.25) is 0 Å². The maximum Gasteiger partial charge on any atom is 0.357 e. The second-order valence-electron chi connectivity index (χ2n) is 3.27. The van der Waals surface area contributed by atoms with Crippen LogP contribution in [0, 0.1) is 0 Å². The van der Waals surface area contributed by atoms with E-state index in [1.54, 1.807) is 13.0 Å². The molecule has 0 fully saturated rings. The standard InChI is InChI=1S/C11H9ClN2O3/c1-2-17-11(16)8-6-10(15)14-4-3-7(12)5-9(14)13-8/h3-6H,2H2,1H3. The van der Waals surface area contributed by atoms with E-state index in [9.17, 15) is 9.59 Å². The molecule has 6 heteroatoms. The smallest absolute Gasteiger partial charge is 0.357 e. The summed E-state index contributed by atoms with van der Waals surface area (Å²) in [5.74, 6) is -0.618. The van der Waals surface area contributed by atoms with Gasteiger partial charge in [-0.15, -0.1) is 0 Å². The predicted octanol–water partition coefficient (Wildman–Crippen LogP) is 1.52. The first-order valence-electron chi connectivity index (χ1n) is 4.98. The van der Waals surface area contributed by atoms with Crippen molar-refractivity contribution in [2.24, 2.45) is 0 Å². The van der Waals surface area contributed by atoms with Crippen molar-refractivity contribution in [1.29, 1.82) is 0 Å². The molecule has 0 aromatic carbocycles. The Labute approximate surface area is 102 Å². The van der Waals surface area contributed by atoms with Gasteiger partial charge in [0.25, 0.3) is 5.56 Å². The van der Waals surface area contributed by atoms with E-state index in [4.69, 9.17) is 16.3 Å². The molecule has 0 N–H and O–H groups in total. The highest BCUT2D eigenvalue weighted by atomic mass is 35.5. The van der Waals surface area contributed by atoms with E-state index < -0.39 is 5.97 Å². The molecule has 2 heterocycles. The topological polar surface area (TPSA) is 60.7 Å². The number of carbonyl (C=O) groups excluding carboxylic acids is 1. The number of fused-ring (bicyclic) bond motifs is 1. The largest absolute Gasteiger partial charge is 0.461 e. The maximum absolute atomic E-state index is 11.7. The third-order valence-electron chi connectivity index (χ3n) is 2.11. The van der Waals surface area contributed by atoms with Gasteiger partial charge in [0.15, 0.2) is 5.69 Å². The highest BCUT2D eigenvalue weighted by Gasteiger charge is 2.11. The van der Waals surface area contributed by atoms with Crippen LogP contribution in [0.1, 0.15) is 17.4 Å². The molecule has 0 radical (unpaired) electrons. The quantitative estimate of drug-likeness (QED) is 0.761. The van der Waals surface area contributed by atoms with Crippen LogP contribution in [-0.4, -0.2) is 22.0 Å². The Morgan fingerprint density at radius 2 is 2.29 bits per heavy atom. The summed E-state index contributed by atoms with van der Waals surface area (Å²) >= 11 is 5.79.